The summed E-state index contributed by atoms with van der Waals surface area (Å²) in [5.74, 6) is 0.493. The van der Waals surface area contributed by atoms with Crippen LogP contribution in [0.4, 0.5) is 11.4 Å². The Bertz CT molecular complexity index is 1330. The zero-order valence-electron chi connectivity index (χ0n) is 17.4. The van der Waals surface area contributed by atoms with E-state index in [2.05, 4.69) is 0 Å². The first kappa shape index (κ1) is 20.5. The number of hydrogen-bond donors (Lipinski definition) is 0. The van der Waals surface area contributed by atoms with Crippen molar-refractivity contribution in [3.8, 4) is 5.75 Å². The van der Waals surface area contributed by atoms with Gasteiger partial charge in [-0.1, -0.05) is 66.7 Å². The molecule has 5 rings (SSSR count). The van der Waals surface area contributed by atoms with Crippen molar-refractivity contribution in [2.75, 3.05) is 17.5 Å². The first-order valence-electron chi connectivity index (χ1n) is 10.5. The van der Waals surface area contributed by atoms with E-state index in [1.165, 1.54) is 4.31 Å². The minimum atomic E-state index is -3.76. The van der Waals surface area contributed by atoms with Gasteiger partial charge in [-0.15, -0.1) is 0 Å². The molecule has 0 radical (unpaired) electrons. The molecule has 32 heavy (non-hydrogen) atoms. The smallest absolute Gasteiger partial charge is 0.243 e. The molecule has 0 spiro atoms. The second kappa shape index (κ2) is 8.65. The zero-order valence-corrected chi connectivity index (χ0v) is 18.2. The third-order valence-electron chi connectivity index (χ3n) is 5.34. The normalized spacial score (nSPS) is 15.4. The van der Waals surface area contributed by atoms with Gasteiger partial charge in [0.2, 0.25) is 10.0 Å². The number of benzene rings is 4. The number of rotatable bonds is 8. The Morgan fingerprint density at radius 1 is 0.875 bits per heavy atom. The van der Waals surface area contributed by atoms with Gasteiger partial charge in [-0.05, 0) is 41.3 Å². The third kappa shape index (κ3) is 4.47. The molecule has 1 aliphatic heterocycles. The zero-order chi connectivity index (χ0) is 22.0. The minimum absolute atomic E-state index is 0.141. The number of hydrogen-bond acceptors (Lipinski definition) is 4. The van der Waals surface area contributed by atoms with Crippen molar-refractivity contribution in [1.29, 1.82) is 0 Å². The number of ether oxygens (including phenoxy) is 2. The first-order valence-corrected chi connectivity index (χ1v) is 12.1. The molecule has 1 atom stereocenters. The summed E-state index contributed by atoms with van der Waals surface area (Å²) in [4.78, 5) is 0. The molecule has 4 aromatic carbocycles. The summed E-state index contributed by atoms with van der Waals surface area (Å²) in [5.41, 5.74) is 1.90. The highest BCUT2D eigenvalue weighted by Crippen LogP contribution is 2.36. The molecule has 0 saturated carbocycles. The van der Waals surface area contributed by atoms with Crippen molar-refractivity contribution in [3.05, 3.63) is 103 Å². The summed E-state index contributed by atoms with van der Waals surface area (Å²) in [6.07, 6.45) is 0.141. The predicted octanol–water partition coefficient (Wildman–Crippen LogP) is 5.29. The first-order chi connectivity index (χ1) is 15.6. The van der Waals surface area contributed by atoms with Crippen molar-refractivity contribution >= 4 is 32.2 Å². The summed E-state index contributed by atoms with van der Waals surface area (Å²) >= 11 is 0. The van der Waals surface area contributed by atoms with E-state index >= 15 is 0 Å². The molecule has 1 saturated heterocycles. The lowest BCUT2D eigenvalue weighted by Gasteiger charge is -2.26. The van der Waals surface area contributed by atoms with E-state index in [4.69, 9.17) is 9.47 Å². The average molecular weight is 446 g/mol. The van der Waals surface area contributed by atoms with Crippen LogP contribution in [-0.2, 0) is 20.5 Å². The second-order valence-corrected chi connectivity index (χ2v) is 9.59. The summed E-state index contributed by atoms with van der Waals surface area (Å²) < 4.78 is 40.0. The van der Waals surface area contributed by atoms with Crippen LogP contribution in [0.25, 0.3) is 10.8 Å². The number of para-hydroxylation sites is 1. The van der Waals surface area contributed by atoms with Crippen molar-refractivity contribution < 1.29 is 17.9 Å². The van der Waals surface area contributed by atoms with Gasteiger partial charge in [-0.3, -0.25) is 0 Å². The van der Waals surface area contributed by atoms with Gasteiger partial charge in [0.1, 0.15) is 18.5 Å². The van der Waals surface area contributed by atoms with Crippen molar-refractivity contribution in [2.24, 2.45) is 0 Å². The molecular formula is C26H23NO4S. The summed E-state index contributed by atoms with van der Waals surface area (Å²) in [5, 5.41) is 1.86. The Labute approximate surface area is 187 Å². The van der Waals surface area contributed by atoms with E-state index < -0.39 is 10.0 Å². The van der Waals surface area contributed by atoms with Crippen LogP contribution in [0.1, 0.15) is 5.56 Å². The number of nitrogens with zero attached hydrogens (tertiary/aromatic N) is 1. The van der Waals surface area contributed by atoms with E-state index in [0.29, 0.717) is 35.9 Å². The summed E-state index contributed by atoms with van der Waals surface area (Å²) in [7, 11) is -3.76. The van der Waals surface area contributed by atoms with Crippen molar-refractivity contribution in [3.63, 3.8) is 0 Å². The van der Waals surface area contributed by atoms with Crippen LogP contribution in [0.15, 0.2) is 97.1 Å². The maximum atomic E-state index is 13.8. The topological polar surface area (TPSA) is 59.1 Å². The third-order valence-corrected chi connectivity index (χ3v) is 7.00. The number of anilines is 2. The molecule has 0 N–H and O–H groups in total. The van der Waals surface area contributed by atoms with Gasteiger partial charge in [0.05, 0.1) is 23.7 Å². The Hall–Kier alpha value is -3.35. The van der Waals surface area contributed by atoms with Crippen LogP contribution in [-0.4, -0.2) is 27.7 Å². The molecule has 0 amide bonds. The fourth-order valence-corrected chi connectivity index (χ4v) is 5.38. The Balaban J connectivity index is 1.53. The van der Waals surface area contributed by atoms with E-state index in [1.54, 1.807) is 6.07 Å². The van der Waals surface area contributed by atoms with Crippen molar-refractivity contribution in [2.45, 2.75) is 11.9 Å². The molecular weight excluding hydrogens is 422 g/mol. The standard InChI is InChI=1S/C26H23NO4S/c28-32(29,19-20-8-6-13-23(16-20)30-17-24-18-31-24)27(22-11-2-1-3-12-22)26-15-7-10-21-9-4-5-14-25(21)26/h1-16,24H,17-19H2. The van der Waals surface area contributed by atoms with Crippen LogP contribution in [0.5, 0.6) is 5.75 Å². The molecule has 4 aromatic rings. The minimum Gasteiger partial charge on any atom is -0.491 e. The molecule has 1 unspecified atom stereocenters. The maximum absolute atomic E-state index is 13.8. The van der Waals surface area contributed by atoms with E-state index in [9.17, 15) is 8.42 Å². The fraction of sp³-hybridized carbons (Fsp3) is 0.154. The van der Waals surface area contributed by atoms with E-state index in [-0.39, 0.29) is 11.9 Å². The van der Waals surface area contributed by atoms with Gasteiger partial charge in [0.25, 0.3) is 0 Å². The average Bonchev–Trinajstić information content (AvgIpc) is 3.63. The van der Waals surface area contributed by atoms with Crippen LogP contribution < -0.4 is 9.04 Å². The SMILES string of the molecule is O=S(=O)(Cc1cccc(OCC2CO2)c1)N(c1ccccc1)c1cccc2ccccc12. The Morgan fingerprint density at radius 3 is 2.41 bits per heavy atom. The number of sulfonamides is 1. The van der Waals surface area contributed by atoms with Crippen LogP contribution in [0, 0.1) is 0 Å². The van der Waals surface area contributed by atoms with Gasteiger partial charge in [-0.25, -0.2) is 12.7 Å². The molecule has 1 aliphatic rings. The summed E-state index contributed by atoms with van der Waals surface area (Å²) in [6, 6.07) is 30.0. The maximum Gasteiger partial charge on any atom is 0.243 e. The van der Waals surface area contributed by atoms with Crippen LogP contribution in [0.2, 0.25) is 0 Å². The second-order valence-electron chi connectivity index (χ2n) is 7.77. The van der Waals surface area contributed by atoms with Crippen LogP contribution >= 0.6 is 0 Å². The lowest BCUT2D eigenvalue weighted by molar-refractivity contribution is 0.263. The van der Waals surface area contributed by atoms with Crippen molar-refractivity contribution in [1.82, 2.24) is 0 Å². The monoisotopic (exact) mass is 445 g/mol. The predicted molar refractivity (Wildman–Crippen MR) is 127 cm³/mol. The molecule has 6 heteroatoms. The van der Waals surface area contributed by atoms with Gasteiger partial charge in [-0.2, -0.15) is 0 Å². The van der Waals surface area contributed by atoms with E-state index in [0.717, 1.165) is 10.8 Å². The number of fused-ring (bicyclic) bond motifs is 1. The van der Waals surface area contributed by atoms with Gasteiger partial charge < -0.3 is 9.47 Å². The molecule has 0 aliphatic carbocycles. The molecule has 162 valence electrons. The highest BCUT2D eigenvalue weighted by molar-refractivity contribution is 7.92. The molecule has 1 fully saturated rings. The molecule has 0 bridgehead atoms. The quantitative estimate of drug-likeness (QED) is 0.346. The van der Waals surface area contributed by atoms with Crippen LogP contribution in [0.3, 0.4) is 0 Å². The lowest BCUT2D eigenvalue weighted by Crippen LogP contribution is -2.27. The summed E-state index contributed by atoms with van der Waals surface area (Å²) in [6.45, 7) is 1.19. The molecule has 1 heterocycles. The number of epoxide rings is 1. The molecule has 0 aromatic heterocycles. The van der Waals surface area contributed by atoms with Gasteiger partial charge in [0.15, 0.2) is 0 Å². The fourth-order valence-electron chi connectivity index (χ4n) is 3.75. The Morgan fingerprint density at radius 2 is 1.59 bits per heavy atom. The van der Waals surface area contributed by atoms with Gasteiger partial charge in [0, 0.05) is 5.39 Å². The lowest BCUT2D eigenvalue weighted by atomic mass is 10.1. The molecule has 5 nitrogen and oxygen atoms in total. The van der Waals surface area contributed by atoms with E-state index in [1.807, 2.05) is 91.0 Å². The van der Waals surface area contributed by atoms with Gasteiger partial charge >= 0.3 is 0 Å². The highest BCUT2D eigenvalue weighted by atomic mass is 32.2. The highest BCUT2D eigenvalue weighted by Gasteiger charge is 2.27. The largest absolute Gasteiger partial charge is 0.491 e. The Kier molecular flexibility index (Phi) is 5.55.